The van der Waals surface area contributed by atoms with Gasteiger partial charge in [0, 0.05) is 0 Å². The lowest BCUT2D eigenvalue weighted by molar-refractivity contribution is 0.124. The molecule has 0 saturated carbocycles. The van der Waals surface area contributed by atoms with Gasteiger partial charge in [-0.05, 0) is 68.8 Å². The summed E-state index contributed by atoms with van der Waals surface area (Å²) in [7, 11) is 1.72. The van der Waals surface area contributed by atoms with Gasteiger partial charge in [0.15, 0.2) is 11.5 Å². The van der Waals surface area contributed by atoms with Crippen molar-refractivity contribution in [2.24, 2.45) is 11.8 Å². The van der Waals surface area contributed by atoms with Crippen molar-refractivity contribution in [1.29, 1.82) is 0 Å². The van der Waals surface area contributed by atoms with Gasteiger partial charge in [-0.2, -0.15) is 0 Å². The SMILES string of the molecule is COc1cc(CC(C)C)ccc1OC(C)C1CCNCC1. The smallest absolute Gasteiger partial charge is 0.161 e. The molecule has 0 radical (unpaired) electrons. The van der Waals surface area contributed by atoms with E-state index in [1.807, 2.05) is 0 Å². The van der Waals surface area contributed by atoms with Crippen molar-refractivity contribution in [3.8, 4) is 11.5 Å². The van der Waals surface area contributed by atoms with Crippen LogP contribution in [0.15, 0.2) is 18.2 Å². The van der Waals surface area contributed by atoms with E-state index in [4.69, 9.17) is 9.47 Å². The number of hydrogen-bond acceptors (Lipinski definition) is 3. The van der Waals surface area contributed by atoms with Crippen molar-refractivity contribution in [3.63, 3.8) is 0 Å². The Morgan fingerprint density at radius 1 is 1.14 bits per heavy atom. The largest absolute Gasteiger partial charge is 0.493 e. The first kappa shape index (κ1) is 16.2. The summed E-state index contributed by atoms with van der Waals surface area (Å²) >= 11 is 0. The highest BCUT2D eigenvalue weighted by Crippen LogP contribution is 2.31. The van der Waals surface area contributed by atoms with Crippen molar-refractivity contribution < 1.29 is 9.47 Å². The molecule has 2 rings (SSSR count). The molecule has 21 heavy (non-hydrogen) atoms. The summed E-state index contributed by atoms with van der Waals surface area (Å²) < 4.78 is 11.7. The van der Waals surface area contributed by atoms with Crippen molar-refractivity contribution in [3.05, 3.63) is 23.8 Å². The molecule has 1 atom stereocenters. The lowest BCUT2D eigenvalue weighted by atomic mass is 9.93. The standard InChI is InChI=1S/C18H29NO2/c1-13(2)11-15-5-6-17(18(12-15)20-4)21-14(3)16-7-9-19-10-8-16/h5-6,12-14,16,19H,7-11H2,1-4H3. The fourth-order valence-corrected chi connectivity index (χ4v) is 3.02. The number of benzene rings is 1. The molecule has 1 heterocycles. The molecule has 1 aromatic rings. The fourth-order valence-electron chi connectivity index (χ4n) is 3.02. The number of hydrogen-bond donors (Lipinski definition) is 1. The van der Waals surface area contributed by atoms with E-state index in [9.17, 15) is 0 Å². The molecule has 1 saturated heterocycles. The second-order valence-electron chi connectivity index (χ2n) is 6.49. The number of piperidine rings is 1. The maximum atomic E-state index is 6.18. The molecule has 1 fully saturated rings. The molecule has 0 aromatic heterocycles. The number of rotatable bonds is 6. The average Bonchev–Trinajstić information content (AvgIpc) is 2.49. The van der Waals surface area contributed by atoms with Crippen molar-refractivity contribution in [2.45, 2.75) is 46.1 Å². The summed E-state index contributed by atoms with van der Waals surface area (Å²) in [4.78, 5) is 0. The predicted molar refractivity (Wildman–Crippen MR) is 87.2 cm³/mol. The van der Waals surface area contributed by atoms with Crippen LogP contribution in [0.3, 0.4) is 0 Å². The van der Waals surface area contributed by atoms with Gasteiger partial charge in [-0.15, -0.1) is 0 Å². The van der Waals surface area contributed by atoms with E-state index in [-0.39, 0.29) is 6.10 Å². The molecule has 1 aliphatic heterocycles. The first-order valence-electron chi connectivity index (χ1n) is 8.14. The Morgan fingerprint density at radius 3 is 2.48 bits per heavy atom. The maximum Gasteiger partial charge on any atom is 0.161 e. The Balaban J connectivity index is 2.04. The van der Waals surface area contributed by atoms with Crippen molar-refractivity contribution in [1.82, 2.24) is 5.32 Å². The van der Waals surface area contributed by atoms with Gasteiger partial charge < -0.3 is 14.8 Å². The summed E-state index contributed by atoms with van der Waals surface area (Å²) in [5.41, 5.74) is 1.31. The lowest BCUT2D eigenvalue weighted by Gasteiger charge is -2.29. The van der Waals surface area contributed by atoms with Crippen molar-refractivity contribution >= 4 is 0 Å². The van der Waals surface area contributed by atoms with E-state index in [0.717, 1.165) is 31.0 Å². The minimum atomic E-state index is 0.233. The summed E-state index contributed by atoms with van der Waals surface area (Å²) in [6.07, 6.45) is 3.68. The molecule has 0 spiro atoms. The van der Waals surface area contributed by atoms with Crippen molar-refractivity contribution in [2.75, 3.05) is 20.2 Å². The molecule has 1 aliphatic rings. The van der Waals surface area contributed by atoms with E-state index in [2.05, 4.69) is 44.3 Å². The fraction of sp³-hybridized carbons (Fsp3) is 0.667. The molecule has 3 nitrogen and oxygen atoms in total. The highest BCUT2D eigenvalue weighted by Gasteiger charge is 2.22. The summed E-state index contributed by atoms with van der Waals surface area (Å²) in [6.45, 7) is 8.84. The Hall–Kier alpha value is -1.22. The maximum absolute atomic E-state index is 6.18. The van der Waals surface area contributed by atoms with Gasteiger partial charge in [0.05, 0.1) is 13.2 Å². The Bertz CT molecular complexity index is 439. The molecule has 1 N–H and O–H groups in total. The third kappa shape index (κ3) is 4.63. The molecule has 0 aliphatic carbocycles. The van der Waals surface area contributed by atoms with E-state index in [1.54, 1.807) is 7.11 Å². The van der Waals surface area contributed by atoms with E-state index in [0.29, 0.717) is 11.8 Å². The van der Waals surface area contributed by atoms with Gasteiger partial charge in [0.1, 0.15) is 0 Å². The zero-order valence-corrected chi connectivity index (χ0v) is 13.8. The van der Waals surface area contributed by atoms with E-state index in [1.165, 1.54) is 18.4 Å². The molecular formula is C18H29NO2. The zero-order chi connectivity index (χ0) is 15.2. The topological polar surface area (TPSA) is 30.5 Å². The van der Waals surface area contributed by atoms with Crippen LogP contribution >= 0.6 is 0 Å². The molecule has 1 unspecified atom stereocenters. The van der Waals surface area contributed by atoms with Crippen LogP contribution in [-0.4, -0.2) is 26.3 Å². The van der Waals surface area contributed by atoms with Crippen LogP contribution in [0.1, 0.15) is 39.2 Å². The highest BCUT2D eigenvalue weighted by molar-refractivity contribution is 5.43. The minimum absolute atomic E-state index is 0.233. The van der Waals surface area contributed by atoms with Crippen LogP contribution in [0.25, 0.3) is 0 Å². The van der Waals surface area contributed by atoms with E-state index < -0.39 is 0 Å². The van der Waals surface area contributed by atoms with Crippen LogP contribution < -0.4 is 14.8 Å². The molecule has 0 amide bonds. The highest BCUT2D eigenvalue weighted by atomic mass is 16.5. The van der Waals surface area contributed by atoms with Gasteiger partial charge >= 0.3 is 0 Å². The molecule has 1 aromatic carbocycles. The van der Waals surface area contributed by atoms with Gasteiger partial charge in [-0.25, -0.2) is 0 Å². The van der Waals surface area contributed by atoms with Crippen LogP contribution in [0.2, 0.25) is 0 Å². The monoisotopic (exact) mass is 291 g/mol. The molecule has 118 valence electrons. The number of methoxy groups -OCH3 is 1. The molecular weight excluding hydrogens is 262 g/mol. The van der Waals surface area contributed by atoms with Crippen LogP contribution in [-0.2, 0) is 6.42 Å². The first-order valence-corrected chi connectivity index (χ1v) is 8.14. The van der Waals surface area contributed by atoms with E-state index >= 15 is 0 Å². The van der Waals surface area contributed by atoms with Crippen LogP contribution in [0, 0.1) is 11.8 Å². The molecule has 3 heteroatoms. The third-order valence-corrected chi connectivity index (χ3v) is 4.23. The Morgan fingerprint density at radius 2 is 1.86 bits per heavy atom. The Labute approximate surface area is 129 Å². The average molecular weight is 291 g/mol. The number of ether oxygens (including phenoxy) is 2. The summed E-state index contributed by atoms with van der Waals surface area (Å²) in [5.74, 6) is 3.01. The summed E-state index contributed by atoms with van der Waals surface area (Å²) in [6, 6.07) is 6.34. The first-order chi connectivity index (χ1) is 10.1. The zero-order valence-electron chi connectivity index (χ0n) is 13.8. The van der Waals surface area contributed by atoms with Gasteiger partial charge in [0.2, 0.25) is 0 Å². The quantitative estimate of drug-likeness (QED) is 0.867. The lowest BCUT2D eigenvalue weighted by Crippen LogP contribution is -2.35. The van der Waals surface area contributed by atoms with Crippen LogP contribution in [0.5, 0.6) is 11.5 Å². The second kappa shape index (κ2) is 7.69. The third-order valence-electron chi connectivity index (χ3n) is 4.23. The Kier molecular flexibility index (Phi) is 5.92. The second-order valence-corrected chi connectivity index (χ2v) is 6.49. The normalized spacial score (nSPS) is 17.8. The predicted octanol–water partition coefficient (Wildman–Crippen LogP) is 3.66. The van der Waals surface area contributed by atoms with Gasteiger partial charge in [-0.1, -0.05) is 19.9 Å². The minimum Gasteiger partial charge on any atom is -0.493 e. The molecule has 0 bridgehead atoms. The van der Waals surface area contributed by atoms with Gasteiger partial charge in [-0.3, -0.25) is 0 Å². The van der Waals surface area contributed by atoms with Crippen LogP contribution in [0.4, 0.5) is 0 Å². The number of nitrogens with one attached hydrogen (secondary N) is 1. The summed E-state index contributed by atoms with van der Waals surface area (Å²) in [5, 5.41) is 3.40. The van der Waals surface area contributed by atoms with Gasteiger partial charge in [0.25, 0.3) is 0 Å².